The van der Waals surface area contributed by atoms with E-state index < -0.39 is 0 Å². The summed E-state index contributed by atoms with van der Waals surface area (Å²) in [7, 11) is 0. The molecule has 0 saturated carbocycles. The van der Waals surface area contributed by atoms with Crippen LogP contribution in [0.4, 0.5) is 0 Å². The molecule has 5 heteroatoms. The lowest BCUT2D eigenvalue weighted by molar-refractivity contribution is 0.0644. The van der Waals surface area contributed by atoms with Crippen LogP contribution in [0.2, 0.25) is 0 Å². The first-order valence-electron chi connectivity index (χ1n) is 4.04. The number of hydrogen-bond donors (Lipinski definition) is 0. The van der Waals surface area contributed by atoms with E-state index in [2.05, 4.69) is 25.9 Å². The fraction of sp³-hybridized carbons (Fsp3) is 0.375. The van der Waals surface area contributed by atoms with Crippen LogP contribution in [0.3, 0.4) is 0 Å². The topological polar surface area (TPSA) is 46.1 Å². The number of carbonyl (C=O) groups is 1. The van der Waals surface area contributed by atoms with Gasteiger partial charge in [0.2, 0.25) is 0 Å². The van der Waals surface area contributed by atoms with E-state index in [9.17, 15) is 4.79 Å². The second kappa shape index (κ2) is 3.41. The van der Waals surface area contributed by atoms with Crippen LogP contribution in [0.25, 0.3) is 0 Å². The maximum Gasteiger partial charge on any atom is 0.273 e. The lowest BCUT2D eigenvalue weighted by atomic mass is 10.2. The zero-order valence-electron chi connectivity index (χ0n) is 6.90. The summed E-state index contributed by atoms with van der Waals surface area (Å²) < 4.78 is 0.659. The first kappa shape index (κ1) is 8.62. The van der Waals surface area contributed by atoms with Gasteiger partial charge in [0.15, 0.2) is 0 Å². The summed E-state index contributed by atoms with van der Waals surface area (Å²) >= 11 is 3.25. The molecule has 0 unspecified atom stereocenters. The summed E-state index contributed by atoms with van der Waals surface area (Å²) in [6.07, 6.45) is 4.06. The van der Waals surface area contributed by atoms with Crippen LogP contribution in [0.5, 0.6) is 0 Å². The summed E-state index contributed by atoms with van der Waals surface area (Å²) in [6.45, 7) is 1.69. The van der Waals surface area contributed by atoms with Crippen molar-refractivity contribution in [2.75, 3.05) is 13.1 Å². The quantitative estimate of drug-likeness (QED) is 0.740. The zero-order valence-corrected chi connectivity index (χ0v) is 8.49. The van der Waals surface area contributed by atoms with Gasteiger partial charge >= 0.3 is 0 Å². The molecule has 0 atom stereocenters. The Morgan fingerprint density at radius 2 is 2.31 bits per heavy atom. The maximum atomic E-state index is 11.7. The predicted octanol–water partition coefficient (Wildman–Crippen LogP) is 1.08. The fourth-order valence-electron chi connectivity index (χ4n) is 1.14. The van der Waals surface area contributed by atoms with E-state index in [1.165, 1.54) is 6.33 Å². The number of nitrogens with zero attached hydrogens (tertiary/aromatic N) is 3. The highest BCUT2D eigenvalue weighted by atomic mass is 79.9. The standard InChI is InChI=1S/C8H8BrN3O/c9-6-4-10-5-11-7(6)8(13)12-2-1-3-12/h4-5H,1-3H2. The Hall–Kier alpha value is -0.970. The first-order chi connectivity index (χ1) is 6.29. The van der Waals surface area contributed by atoms with E-state index in [0.29, 0.717) is 10.2 Å². The molecule has 2 heterocycles. The minimum Gasteiger partial charge on any atom is -0.337 e. The molecule has 0 bridgehead atoms. The van der Waals surface area contributed by atoms with Crippen LogP contribution in [0.15, 0.2) is 17.0 Å². The van der Waals surface area contributed by atoms with Gasteiger partial charge < -0.3 is 4.90 Å². The number of likely N-dealkylation sites (tertiary alicyclic amines) is 1. The van der Waals surface area contributed by atoms with E-state index in [1.807, 2.05) is 0 Å². The van der Waals surface area contributed by atoms with Gasteiger partial charge in [-0.3, -0.25) is 4.79 Å². The Kier molecular flexibility index (Phi) is 2.26. The van der Waals surface area contributed by atoms with Gasteiger partial charge in [-0.25, -0.2) is 9.97 Å². The molecule has 0 aromatic carbocycles. The summed E-state index contributed by atoms with van der Waals surface area (Å²) in [5.74, 6) is -0.0134. The van der Waals surface area contributed by atoms with E-state index in [1.54, 1.807) is 11.1 Å². The van der Waals surface area contributed by atoms with E-state index in [4.69, 9.17) is 0 Å². The summed E-state index contributed by atoms with van der Waals surface area (Å²) in [4.78, 5) is 21.2. The molecule has 0 spiro atoms. The molecule has 1 aromatic rings. The molecule has 0 aliphatic carbocycles. The Bertz CT molecular complexity index is 338. The van der Waals surface area contributed by atoms with Crippen molar-refractivity contribution in [2.24, 2.45) is 0 Å². The molecule has 0 N–H and O–H groups in total. The average Bonchev–Trinajstić information content (AvgIpc) is 2.01. The molecule has 1 fully saturated rings. The molecule has 1 saturated heterocycles. The van der Waals surface area contributed by atoms with E-state index in [-0.39, 0.29) is 5.91 Å². The van der Waals surface area contributed by atoms with Crippen molar-refractivity contribution in [3.63, 3.8) is 0 Å². The number of hydrogen-bond acceptors (Lipinski definition) is 3. The third-order valence-corrected chi connectivity index (χ3v) is 2.59. The SMILES string of the molecule is O=C(c1ncncc1Br)N1CCC1. The largest absolute Gasteiger partial charge is 0.337 e. The van der Waals surface area contributed by atoms with Crippen LogP contribution >= 0.6 is 15.9 Å². The molecular formula is C8H8BrN3O. The van der Waals surface area contributed by atoms with Gasteiger partial charge in [0.1, 0.15) is 12.0 Å². The van der Waals surface area contributed by atoms with E-state index in [0.717, 1.165) is 19.5 Å². The van der Waals surface area contributed by atoms with Gasteiger partial charge in [0, 0.05) is 19.3 Å². The maximum absolute atomic E-state index is 11.7. The predicted molar refractivity (Wildman–Crippen MR) is 50.3 cm³/mol. The van der Waals surface area contributed by atoms with Crippen molar-refractivity contribution in [1.29, 1.82) is 0 Å². The van der Waals surface area contributed by atoms with Crippen LogP contribution in [-0.4, -0.2) is 33.9 Å². The zero-order chi connectivity index (χ0) is 9.26. The molecule has 2 rings (SSSR count). The highest BCUT2D eigenvalue weighted by Gasteiger charge is 2.24. The van der Waals surface area contributed by atoms with Crippen molar-refractivity contribution in [2.45, 2.75) is 6.42 Å². The molecule has 0 radical (unpaired) electrons. The lowest BCUT2D eigenvalue weighted by Crippen LogP contribution is -2.42. The van der Waals surface area contributed by atoms with E-state index >= 15 is 0 Å². The molecule has 13 heavy (non-hydrogen) atoms. The normalized spacial score (nSPS) is 15.3. The molecule has 68 valence electrons. The van der Waals surface area contributed by atoms with Gasteiger partial charge in [-0.15, -0.1) is 0 Å². The van der Waals surface area contributed by atoms with Gasteiger partial charge in [-0.05, 0) is 22.4 Å². The third kappa shape index (κ3) is 1.56. The monoisotopic (exact) mass is 241 g/mol. The highest BCUT2D eigenvalue weighted by molar-refractivity contribution is 9.10. The molecule has 1 amide bonds. The van der Waals surface area contributed by atoms with Gasteiger partial charge in [-0.1, -0.05) is 0 Å². The Morgan fingerprint density at radius 3 is 2.85 bits per heavy atom. The van der Waals surface area contributed by atoms with Crippen LogP contribution < -0.4 is 0 Å². The molecule has 1 aliphatic heterocycles. The van der Waals surface area contributed by atoms with Crippen molar-refractivity contribution in [3.8, 4) is 0 Å². The summed E-state index contributed by atoms with van der Waals surface area (Å²) in [6, 6.07) is 0. The summed E-state index contributed by atoms with van der Waals surface area (Å²) in [5.41, 5.74) is 0.453. The minimum atomic E-state index is -0.0134. The van der Waals surface area contributed by atoms with Crippen molar-refractivity contribution < 1.29 is 4.79 Å². The van der Waals surface area contributed by atoms with Crippen molar-refractivity contribution >= 4 is 21.8 Å². The number of amides is 1. The smallest absolute Gasteiger partial charge is 0.273 e. The lowest BCUT2D eigenvalue weighted by Gasteiger charge is -2.30. The number of halogens is 1. The van der Waals surface area contributed by atoms with Crippen LogP contribution in [0, 0.1) is 0 Å². The average molecular weight is 242 g/mol. The van der Waals surface area contributed by atoms with Crippen molar-refractivity contribution in [3.05, 3.63) is 22.7 Å². The van der Waals surface area contributed by atoms with Crippen LogP contribution in [-0.2, 0) is 0 Å². The highest BCUT2D eigenvalue weighted by Crippen LogP contribution is 2.17. The first-order valence-corrected chi connectivity index (χ1v) is 4.83. The van der Waals surface area contributed by atoms with Gasteiger partial charge in [0.05, 0.1) is 4.47 Å². The molecular weight excluding hydrogens is 234 g/mol. The number of rotatable bonds is 1. The Balaban J connectivity index is 2.24. The van der Waals surface area contributed by atoms with Gasteiger partial charge in [0.25, 0.3) is 5.91 Å². The molecule has 4 nitrogen and oxygen atoms in total. The fourth-order valence-corrected chi connectivity index (χ4v) is 1.53. The Labute approximate surface area is 84.1 Å². The molecule has 1 aromatic heterocycles. The third-order valence-electron chi connectivity index (χ3n) is 2.01. The summed E-state index contributed by atoms with van der Waals surface area (Å²) in [5, 5.41) is 0. The molecule has 1 aliphatic rings. The second-order valence-corrected chi connectivity index (χ2v) is 3.72. The van der Waals surface area contributed by atoms with Crippen LogP contribution in [0.1, 0.15) is 16.9 Å². The Morgan fingerprint density at radius 1 is 1.54 bits per heavy atom. The van der Waals surface area contributed by atoms with Crippen molar-refractivity contribution in [1.82, 2.24) is 14.9 Å². The number of carbonyl (C=O) groups excluding carboxylic acids is 1. The minimum absolute atomic E-state index is 0.0134. The number of aromatic nitrogens is 2. The van der Waals surface area contributed by atoms with Gasteiger partial charge in [-0.2, -0.15) is 0 Å². The second-order valence-electron chi connectivity index (χ2n) is 2.87.